The van der Waals surface area contributed by atoms with Crippen molar-refractivity contribution in [3.63, 3.8) is 0 Å². The Hall–Kier alpha value is -0.610. The molecule has 1 N–H and O–H groups in total. The summed E-state index contributed by atoms with van der Waals surface area (Å²) in [6.45, 7) is 10.1. The zero-order valence-electron chi connectivity index (χ0n) is 11.4. The van der Waals surface area contributed by atoms with E-state index in [0.29, 0.717) is 6.54 Å². The van der Waals surface area contributed by atoms with E-state index < -0.39 is 0 Å². The van der Waals surface area contributed by atoms with E-state index in [1.54, 1.807) is 0 Å². The van der Waals surface area contributed by atoms with Crippen LogP contribution < -0.4 is 5.32 Å². The van der Waals surface area contributed by atoms with Crippen molar-refractivity contribution >= 4 is 5.91 Å². The van der Waals surface area contributed by atoms with Gasteiger partial charge in [-0.05, 0) is 41.8 Å². The summed E-state index contributed by atoms with van der Waals surface area (Å²) in [6, 6.07) is 0.232. The second-order valence-corrected chi connectivity index (χ2v) is 5.56. The quantitative estimate of drug-likeness (QED) is 0.764. The number of likely N-dealkylation sites (N-methyl/N-ethyl adjacent to an activating group) is 2. The maximum Gasteiger partial charge on any atom is 0.241 e. The molecule has 0 aromatic rings. The smallest absolute Gasteiger partial charge is 0.241 e. The minimum absolute atomic E-state index is 0.0414. The Morgan fingerprint density at radius 1 is 1.50 bits per heavy atom. The first-order valence-electron chi connectivity index (χ1n) is 5.99. The normalized spacial score (nSPS) is 26.6. The van der Waals surface area contributed by atoms with Crippen molar-refractivity contribution in [2.24, 2.45) is 0 Å². The lowest BCUT2D eigenvalue weighted by Crippen LogP contribution is -2.68. The minimum atomic E-state index is -0.0452. The van der Waals surface area contributed by atoms with Crippen LogP contribution in [0, 0.1) is 0 Å². The average molecular weight is 227 g/mol. The molecule has 1 atom stereocenters. The molecule has 94 valence electrons. The van der Waals surface area contributed by atoms with Crippen LogP contribution >= 0.6 is 0 Å². The average Bonchev–Trinajstić information content (AvgIpc) is 2.18. The van der Waals surface area contributed by atoms with E-state index in [9.17, 15) is 4.79 Å². The van der Waals surface area contributed by atoms with Crippen molar-refractivity contribution in [1.82, 2.24) is 15.1 Å². The minimum Gasteiger partial charge on any atom is -0.337 e. The number of amides is 1. The highest BCUT2D eigenvalue weighted by atomic mass is 16.2. The van der Waals surface area contributed by atoms with Gasteiger partial charge in [-0.2, -0.15) is 0 Å². The molecule has 1 aliphatic rings. The lowest BCUT2D eigenvalue weighted by Gasteiger charge is -2.50. The SMILES string of the molecule is CNCC1C(=O)N(C(C)C)CC(C)(C)N1C. The summed E-state index contributed by atoms with van der Waals surface area (Å²) in [5, 5.41) is 3.11. The van der Waals surface area contributed by atoms with Gasteiger partial charge in [0.15, 0.2) is 0 Å². The number of carbonyl (C=O) groups is 1. The van der Waals surface area contributed by atoms with Crippen molar-refractivity contribution in [2.75, 3.05) is 27.2 Å². The molecule has 1 heterocycles. The maximum absolute atomic E-state index is 12.3. The zero-order valence-corrected chi connectivity index (χ0v) is 11.4. The molecular formula is C12H25N3O. The van der Waals surface area contributed by atoms with Gasteiger partial charge in [0, 0.05) is 24.7 Å². The van der Waals surface area contributed by atoms with Crippen molar-refractivity contribution in [1.29, 1.82) is 0 Å². The fraction of sp³-hybridized carbons (Fsp3) is 0.917. The molecule has 1 saturated heterocycles. The number of piperazine rings is 1. The number of carbonyl (C=O) groups excluding carboxylic acids is 1. The van der Waals surface area contributed by atoms with E-state index in [1.807, 2.05) is 19.0 Å². The van der Waals surface area contributed by atoms with Gasteiger partial charge in [-0.3, -0.25) is 9.69 Å². The number of hydrogen-bond donors (Lipinski definition) is 1. The van der Waals surface area contributed by atoms with Crippen LogP contribution in [0.3, 0.4) is 0 Å². The van der Waals surface area contributed by atoms with Crippen molar-refractivity contribution in [2.45, 2.75) is 45.3 Å². The fourth-order valence-corrected chi connectivity index (χ4v) is 2.24. The van der Waals surface area contributed by atoms with Crippen molar-refractivity contribution in [3.8, 4) is 0 Å². The van der Waals surface area contributed by atoms with Crippen LogP contribution in [-0.4, -0.2) is 60.5 Å². The lowest BCUT2D eigenvalue weighted by molar-refractivity contribution is -0.150. The Kier molecular flexibility index (Phi) is 3.97. The molecular weight excluding hydrogens is 202 g/mol. The van der Waals surface area contributed by atoms with E-state index in [-0.39, 0.29) is 23.5 Å². The highest BCUT2D eigenvalue weighted by Crippen LogP contribution is 2.25. The summed E-state index contributed by atoms with van der Waals surface area (Å²) < 4.78 is 0. The van der Waals surface area contributed by atoms with Gasteiger partial charge in [0.2, 0.25) is 5.91 Å². The summed E-state index contributed by atoms with van der Waals surface area (Å²) in [5.41, 5.74) is 0.0414. The summed E-state index contributed by atoms with van der Waals surface area (Å²) in [5.74, 6) is 0.242. The molecule has 0 saturated carbocycles. The van der Waals surface area contributed by atoms with E-state index in [1.165, 1.54) is 0 Å². The predicted octanol–water partition coefficient (Wildman–Crippen LogP) is 0.535. The standard InChI is InChI=1S/C12H25N3O/c1-9(2)15-8-12(3,4)14(6)10(7-13-5)11(15)16/h9-10,13H,7-8H2,1-6H3. The van der Waals surface area contributed by atoms with Crippen LogP contribution in [0.15, 0.2) is 0 Å². The van der Waals surface area contributed by atoms with Crippen LogP contribution in [-0.2, 0) is 4.79 Å². The molecule has 4 heteroatoms. The Balaban J connectivity index is 2.93. The summed E-state index contributed by atoms with van der Waals surface area (Å²) in [6.07, 6.45) is 0. The second-order valence-electron chi connectivity index (χ2n) is 5.56. The number of rotatable bonds is 3. The molecule has 0 aromatic heterocycles. The molecule has 1 amide bonds. The van der Waals surface area contributed by atoms with Gasteiger partial charge in [-0.15, -0.1) is 0 Å². The van der Waals surface area contributed by atoms with Gasteiger partial charge >= 0.3 is 0 Å². The molecule has 16 heavy (non-hydrogen) atoms. The van der Waals surface area contributed by atoms with Gasteiger partial charge in [0.05, 0.1) is 0 Å². The van der Waals surface area contributed by atoms with Gasteiger partial charge < -0.3 is 10.2 Å². The van der Waals surface area contributed by atoms with E-state index >= 15 is 0 Å². The summed E-state index contributed by atoms with van der Waals surface area (Å²) in [4.78, 5) is 16.5. The highest BCUT2D eigenvalue weighted by molar-refractivity contribution is 5.83. The fourth-order valence-electron chi connectivity index (χ4n) is 2.24. The third-order valence-electron chi connectivity index (χ3n) is 3.57. The predicted molar refractivity (Wildman–Crippen MR) is 66.4 cm³/mol. The number of hydrogen-bond acceptors (Lipinski definition) is 3. The molecule has 0 spiro atoms. The van der Waals surface area contributed by atoms with Crippen LogP contribution in [0.4, 0.5) is 0 Å². The van der Waals surface area contributed by atoms with Crippen LogP contribution in [0.1, 0.15) is 27.7 Å². The first-order chi connectivity index (χ1) is 7.31. The van der Waals surface area contributed by atoms with Crippen LogP contribution in [0.2, 0.25) is 0 Å². The summed E-state index contributed by atoms with van der Waals surface area (Å²) in [7, 11) is 3.93. The molecule has 1 fully saturated rings. The van der Waals surface area contributed by atoms with E-state index in [2.05, 4.69) is 37.9 Å². The van der Waals surface area contributed by atoms with E-state index in [4.69, 9.17) is 0 Å². The molecule has 0 bridgehead atoms. The zero-order chi connectivity index (χ0) is 12.5. The molecule has 4 nitrogen and oxygen atoms in total. The molecule has 0 aromatic carbocycles. The summed E-state index contributed by atoms with van der Waals surface area (Å²) >= 11 is 0. The third-order valence-corrected chi connectivity index (χ3v) is 3.57. The second kappa shape index (κ2) is 4.72. The number of nitrogens with one attached hydrogen (secondary N) is 1. The lowest BCUT2D eigenvalue weighted by atomic mass is 9.94. The molecule has 0 aliphatic carbocycles. The first kappa shape index (κ1) is 13.5. The molecule has 1 rings (SSSR count). The van der Waals surface area contributed by atoms with Gasteiger partial charge in [-0.1, -0.05) is 0 Å². The van der Waals surface area contributed by atoms with Crippen LogP contribution in [0.25, 0.3) is 0 Å². The number of nitrogens with zero attached hydrogens (tertiary/aromatic N) is 2. The van der Waals surface area contributed by atoms with Gasteiger partial charge in [0.1, 0.15) is 6.04 Å². The van der Waals surface area contributed by atoms with Gasteiger partial charge in [-0.25, -0.2) is 0 Å². The van der Waals surface area contributed by atoms with Crippen molar-refractivity contribution < 1.29 is 4.79 Å². The maximum atomic E-state index is 12.3. The Labute approximate surface area is 99.0 Å². The molecule has 0 radical (unpaired) electrons. The molecule has 1 aliphatic heterocycles. The molecule has 1 unspecified atom stereocenters. The van der Waals surface area contributed by atoms with E-state index in [0.717, 1.165) is 6.54 Å². The first-order valence-corrected chi connectivity index (χ1v) is 5.99. The monoisotopic (exact) mass is 227 g/mol. The van der Waals surface area contributed by atoms with Crippen LogP contribution in [0.5, 0.6) is 0 Å². The van der Waals surface area contributed by atoms with Gasteiger partial charge in [0.25, 0.3) is 0 Å². The third kappa shape index (κ3) is 2.38. The highest BCUT2D eigenvalue weighted by Gasteiger charge is 2.43. The largest absolute Gasteiger partial charge is 0.337 e. The Bertz CT molecular complexity index is 263. The Morgan fingerprint density at radius 2 is 2.06 bits per heavy atom. The topological polar surface area (TPSA) is 35.6 Å². The van der Waals surface area contributed by atoms with Crippen molar-refractivity contribution in [3.05, 3.63) is 0 Å². The Morgan fingerprint density at radius 3 is 2.50 bits per heavy atom.